The van der Waals surface area contributed by atoms with Crippen LogP contribution in [0.15, 0.2) is 60.8 Å². The van der Waals surface area contributed by atoms with E-state index in [1.54, 1.807) is 6.20 Å². The molecule has 0 aliphatic heterocycles. The lowest BCUT2D eigenvalue weighted by molar-refractivity contribution is 1.41. The molecule has 3 nitrogen and oxygen atoms in total. The Morgan fingerprint density at radius 3 is 2.57 bits per heavy atom. The lowest BCUT2D eigenvalue weighted by atomic mass is 10.2. The third kappa shape index (κ3) is 3.12. The summed E-state index contributed by atoms with van der Waals surface area (Å²) in [7, 11) is 0. The van der Waals surface area contributed by atoms with Crippen molar-refractivity contribution in [3.63, 3.8) is 0 Å². The van der Waals surface area contributed by atoms with Gasteiger partial charge in [0, 0.05) is 17.3 Å². The molecule has 1 aromatic heterocycles. The number of thiocarbonyl (C=S) groups is 1. The van der Waals surface area contributed by atoms with Gasteiger partial charge in [0.15, 0.2) is 5.11 Å². The lowest BCUT2D eigenvalue weighted by Crippen LogP contribution is -2.19. The molecule has 0 aliphatic rings. The van der Waals surface area contributed by atoms with Crippen LogP contribution in [0.2, 0.25) is 5.02 Å². The average Bonchev–Trinajstić information content (AvgIpc) is 2.51. The number of aromatic nitrogens is 1. The van der Waals surface area contributed by atoms with E-state index in [0.29, 0.717) is 10.1 Å². The van der Waals surface area contributed by atoms with E-state index in [9.17, 15) is 0 Å². The van der Waals surface area contributed by atoms with Gasteiger partial charge in [-0.2, -0.15) is 0 Å². The van der Waals surface area contributed by atoms with E-state index in [0.717, 1.165) is 22.3 Å². The number of pyridine rings is 1. The summed E-state index contributed by atoms with van der Waals surface area (Å²) >= 11 is 11.5. The molecule has 0 saturated heterocycles. The molecule has 0 saturated carbocycles. The van der Waals surface area contributed by atoms with Crippen molar-refractivity contribution in [2.75, 3.05) is 10.6 Å². The molecule has 0 bridgehead atoms. The zero-order chi connectivity index (χ0) is 14.7. The Morgan fingerprint density at radius 2 is 1.76 bits per heavy atom. The summed E-state index contributed by atoms with van der Waals surface area (Å²) < 4.78 is 0. The third-order valence-electron chi connectivity index (χ3n) is 3.00. The largest absolute Gasteiger partial charge is 0.332 e. The Labute approximate surface area is 133 Å². The highest BCUT2D eigenvalue weighted by Crippen LogP contribution is 2.28. The SMILES string of the molecule is S=C(Nc1ccccc1)Nc1ccc(Cl)c2cccnc12. The minimum Gasteiger partial charge on any atom is -0.332 e. The van der Waals surface area contributed by atoms with Crippen LogP contribution in [-0.2, 0) is 0 Å². The highest BCUT2D eigenvalue weighted by atomic mass is 35.5. The molecule has 0 spiro atoms. The number of nitrogens with zero attached hydrogens (tertiary/aromatic N) is 1. The van der Waals surface area contributed by atoms with Crippen LogP contribution in [0.5, 0.6) is 0 Å². The first-order valence-electron chi connectivity index (χ1n) is 6.40. The fourth-order valence-electron chi connectivity index (χ4n) is 2.04. The van der Waals surface area contributed by atoms with Crippen LogP contribution in [-0.4, -0.2) is 10.1 Å². The Balaban J connectivity index is 1.85. The molecule has 5 heteroatoms. The van der Waals surface area contributed by atoms with Gasteiger partial charge in [0.05, 0.1) is 16.2 Å². The monoisotopic (exact) mass is 313 g/mol. The number of fused-ring (bicyclic) bond motifs is 1. The Morgan fingerprint density at radius 1 is 0.952 bits per heavy atom. The van der Waals surface area contributed by atoms with Crippen molar-refractivity contribution in [3.05, 3.63) is 65.8 Å². The number of halogens is 1. The van der Waals surface area contributed by atoms with Crippen molar-refractivity contribution in [1.82, 2.24) is 4.98 Å². The van der Waals surface area contributed by atoms with Crippen LogP contribution in [0, 0.1) is 0 Å². The van der Waals surface area contributed by atoms with Gasteiger partial charge in [0.1, 0.15) is 0 Å². The number of hydrogen-bond acceptors (Lipinski definition) is 2. The van der Waals surface area contributed by atoms with E-state index in [1.165, 1.54) is 0 Å². The number of para-hydroxylation sites is 1. The minimum absolute atomic E-state index is 0.510. The number of rotatable bonds is 2. The van der Waals surface area contributed by atoms with E-state index >= 15 is 0 Å². The van der Waals surface area contributed by atoms with E-state index in [2.05, 4.69) is 15.6 Å². The van der Waals surface area contributed by atoms with Crippen molar-refractivity contribution in [3.8, 4) is 0 Å². The number of hydrogen-bond donors (Lipinski definition) is 2. The first-order valence-corrected chi connectivity index (χ1v) is 7.19. The lowest BCUT2D eigenvalue weighted by Gasteiger charge is -2.12. The fraction of sp³-hybridized carbons (Fsp3) is 0. The minimum atomic E-state index is 0.510. The van der Waals surface area contributed by atoms with Gasteiger partial charge in [-0.05, 0) is 48.6 Å². The molecule has 0 unspecified atom stereocenters. The number of benzene rings is 2. The van der Waals surface area contributed by atoms with Crippen molar-refractivity contribution in [2.24, 2.45) is 0 Å². The van der Waals surface area contributed by atoms with Crippen molar-refractivity contribution in [2.45, 2.75) is 0 Å². The molecular formula is C16H12ClN3S. The van der Waals surface area contributed by atoms with Gasteiger partial charge in [0.2, 0.25) is 0 Å². The van der Waals surface area contributed by atoms with Gasteiger partial charge in [0.25, 0.3) is 0 Å². The average molecular weight is 314 g/mol. The second-order valence-corrected chi connectivity index (χ2v) is 5.26. The summed E-state index contributed by atoms with van der Waals surface area (Å²) in [5, 5.41) is 8.37. The van der Waals surface area contributed by atoms with Crippen LogP contribution in [0.1, 0.15) is 0 Å². The molecule has 2 N–H and O–H groups in total. The molecule has 3 aromatic rings. The maximum absolute atomic E-state index is 6.18. The number of nitrogens with one attached hydrogen (secondary N) is 2. The smallest absolute Gasteiger partial charge is 0.175 e. The predicted octanol–water partition coefficient (Wildman–Crippen LogP) is 4.70. The quantitative estimate of drug-likeness (QED) is 0.673. The highest BCUT2D eigenvalue weighted by molar-refractivity contribution is 7.80. The summed E-state index contributed by atoms with van der Waals surface area (Å²) in [5.74, 6) is 0. The summed E-state index contributed by atoms with van der Waals surface area (Å²) in [6.45, 7) is 0. The van der Waals surface area contributed by atoms with Gasteiger partial charge in [-0.15, -0.1) is 0 Å². The standard InChI is InChI=1S/C16H12ClN3S/c17-13-8-9-14(15-12(13)7-4-10-18-15)20-16(21)19-11-5-2-1-3-6-11/h1-10H,(H2,19,20,21). The Bertz CT molecular complexity index is 790. The maximum Gasteiger partial charge on any atom is 0.175 e. The fourth-order valence-corrected chi connectivity index (χ4v) is 2.49. The van der Waals surface area contributed by atoms with Gasteiger partial charge >= 0.3 is 0 Å². The van der Waals surface area contributed by atoms with Gasteiger partial charge < -0.3 is 10.6 Å². The number of anilines is 2. The van der Waals surface area contributed by atoms with Crippen LogP contribution < -0.4 is 10.6 Å². The highest BCUT2D eigenvalue weighted by Gasteiger charge is 2.07. The summed E-state index contributed by atoms with van der Waals surface area (Å²) in [5.41, 5.74) is 2.55. The Hall–Kier alpha value is -2.17. The first kappa shape index (κ1) is 13.8. The van der Waals surface area contributed by atoms with Crippen molar-refractivity contribution >= 4 is 51.2 Å². The molecule has 0 amide bonds. The molecule has 21 heavy (non-hydrogen) atoms. The summed E-state index contributed by atoms with van der Waals surface area (Å²) in [6, 6.07) is 17.3. The van der Waals surface area contributed by atoms with Crippen LogP contribution >= 0.6 is 23.8 Å². The van der Waals surface area contributed by atoms with Crippen LogP contribution in [0.4, 0.5) is 11.4 Å². The van der Waals surface area contributed by atoms with E-state index < -0.39 is 0 Å². The molecule has 1 heterocycles. The zero-order valence-electron chi connectivity index (χ0n) is 11.0. The molecule has 3 rings (SSSR count). The van der Waals surface area contributed by atoms with Gasteiger partial charge in [-0.1, -0.05) is 29.8 Å². The first-order chi connectivity index (χ1) is 10.2. The second-order valence-electron chi connectivity index (χ2n) is 4.44. The van der Waals surface area contributed by atoms with Gasteiger partial charge in [-0.25, -0.2) is 0 Å². The van der Waals surface area contributed by atoms with Crippen LogP contribution in [0.3, 0.4) is 0 Å². The molecule has 0 fully saturated rings. The Kier molecular flexibility index (Phi) is 3.99. The predicted molar refractivity (Wildman–Crippen MR) is 93.0 cm³/mol. The normalized spacial score (nSPS) is 10.3. The zero-order valence-corrected chi connectivity index (χ0v) is 12.6. The maximum atomic E-state index is 6.18. The second kappa shape index (κ2) is 6.08. The van der Waals surface area contributed by atoms with E-state index in [1.807, 2.05) is 54.6 Å². The summed E-state index contributed by atoms with van der Waals surface area (Å²) in [6.07, 6.45) is 1.73. The molecule has 0 atom stereocenters. The topological polar surface area (TPSA) is 37.0 Å². The van der Waals surface area contributed by atoms with E-state index in [4.69, 9.17) is 23.8 Å². The van der Waals surface area contributed by atoms with Crippen molar-refractivity contribution < 1.29 is 0 Å². The van der Waals surface area contributed by atoms with Crippen LogP contribution in [0.25, 0.3) is 10.9 Å². The van der Waals surface area contributed by atoms with E-state index in [-0.39, 0.29) is 0 Å². The molecule has 104 valence electrons. The molecule has 0 aliphatic carbocycles. The van der Waals surface area contributed by atoms with Gasteiger partial charge in [-0.3, -0.25) is 4.98 Å². The molecule has 0 radical (unpaired) electrons. The third-order valence-corrected chi connectivity index (χ3v) is 3.53. The molecular weight excluding hydrogens is 302 g/mol. The summed E-state index contributed by atoms with van der Waals surface area (Å²) in [4.78, 5) is 4.37. The molecule has 2 aromatic carbocycles. The van der Waals surface area contributed by atoms with Crippen molar-refractivity contribution in [1.29, 1.82) is 0 Å².